The van der Waals surface area contributed by atoms with Crippen molar-refractivity contribution in [3.8, 4) is 0 Å². The van der Waals surface area contributed by atoms with Crippen molar-refractivity contribution in [1.82, 2.24) is 5.43 Å². The Balaban J connectivity index is 1.98. The fourth-order valence-corrected chi connectivity index (χ4v) is 2.82. The number of hydrogen-bond acceptors (Lipinski definition) is 2. The third-order valence-electron chi connectivity index (χ3n) is 3.81. The van der Waals surface area contributed by atoms with E-state index in [-0.39, 0.29) is 5.91 Å². The second-order valence-corrected chi connectivity index (χ2v) is 6.97. The Hall–Kier alpha value is -2.72. The average Bonchev–Trinajstić information content (AvgIpc) is 2.52. The summed E-state index contributed by atoms with van der Waals surface area (Å²) in [6.07, 6.45) is 1.75. The number of nitrogens with zero attached hydrogens (tertiary/aromatic N) is 2. The van der Waals surface area contributed by atoms with Gasteiger partial charge in [0, 0.05) is 5.56 Å². The SMILES string of the molecule is C[N+](C)(C)CC(=O)N/N=C/c1c2ccccc2cc2ccccc12. The van der Waals surface area contributed by atoms with Gasteiger partial charge in [0.05, 0.1) is 27.4 Å². The lowest BCUT2D eigenvalue weighted by atomic mass is 9.97. The second kappa shape index (κ2) is 6.42. The zero-order valence-electron chi connectivity index (χ0n) is 14.3. The molecule has 3 aromatic carbocycles. The van der Waals surface area contributed by atoms with Crippen molar-refractivity contribution in [1.29, 1.82) is 0 Å². The molecule has 0 atom stereocenters. The molecule has 0 aromatic heterocycles. The van der Waals surface area contributed by atoms with E-state index in [2.05, 4.69) is 40.9 Å². The van der Waals surface area contributed by atoms with E-state index in [1.165, 1.54) is 0 Å². The van der Waals surface area contributed by atoms with Crippen LogP contribution in [0.1, 0.15) is 5.56 Å². The van der Waals surface area contributed by atoms with Crippen molar-refractivity contribution in [2.75, 3.05) is 27.7 Å². The predicted molar refractivity (Wildman–Crippen MR) is 100 cm³/mol. The molecule has 0 saturated heterocycles. The van der Waals surface area contributed by atoms with E-state index in [9.17, 15) is 4.79 Å². The molecule has 4 heteroatoms. The van der Waals surface area contributed by atoms with Gasteiger partial charge in [-0.25, -0.2) is 5.43 Å². The fourth-order valence-electron chi connectivity index (χ4n) is 2.82. The van der Waals surface area contributed by atoms with Crippen LogP contribution in [-0.2, 0) is 4.79 Å². The minimum absolute atomic E-state index is 0.0942. The van der Waals surface area contributed by atoms with Crippen LogP contribution < -0.4 is 5.43 Å². The number of fused-ring (bicyclic) bond motifs is 2. The van der Waals surface area contributed by atoms with Crippen molar-refractivity contribution in [2.24, 2.45) is 5.10 Å². The largest absolute Gasteiger partial charge is 0.323 e. The van der Waals surface area contributed by atoms with Gasteiger partial charge in [-0.1, -0.05) is 48.5 Å². The van der Waals surface area contributed by atoms with E-state index >= 15 is 0 Å². The van der Waals surface area contributed by atoms with Crippen LogP contribution in [0, 0.1) is 0 Å². The quantitative estimate of drug-likeness (QED) is 0.341. The van der Waals surface area contributed by atoms with Gasteiger partial charge in [-0.15, -0.1) is 0 Å². The van der Waals surface area contributed by atoms with Crippen molar-refractivity contribution in [2.45, 2.75) is 0 Å². The number of likely N-dealkylation sites (N-methyl/N-ethyl adjacent to an activating group) is 1. The molecule has 0 saturated carbocycles. The molecule has 0 bridgehead atoms. The summed E-state index contributed by atoms with van der Waals surface area (Å²) in [5.74, 6) is -0.0942. The van der Waals surface area contributed by atoms with Gasteiger partial charge in [-0.2, -0.15) is 5.10 Å². The summed E-state index contributed by atoms with van der Waals surface area (Å²) in [6.45, 7) is 0.383. The molecule has 24 heavy (non-hydrogen) atoms. The minimum atomic E-state index is -0.0942. The number of hydrogen-bond donors (Lipinski definition) is 1. The Labute approximate surface area is 142 Å². The number of amides is 1. The molecule has 0 heterocycles. The van der Waals surface area contributed by atoms with Gasteiger partial charge in [0.25, 0.3) is 5.91 Å². The number of rotatable bonds is 4. The van der Waals surface area contributed by atoms with Crippen LogP contribution >= 0.6 is 0 Å². The van der Waals surface area contributed by atoms with Crippen LogP contribution in [0.5, 0.6) is 0 Å². The predicted octanol–water partition coefficient (Wildman–Crippen LogP) is 3.15. The maximum absolute atomic E-state index is 11.9. The van der Waals surface area contributed by atoms with Crippen LogP contribution in [0.25, 0.3) is 21.5 Å². The second-order valence-electron chi connectivity index (χ2n) is 6.97. The van der Waals surface area contributed by atoms with E-state index in [0.29, 0.717) is 11.0 Å². The van der Waals surface area contributed by atoms with Gasteiger partial charge >= 0.3 is 0 Å². The Kier molecular flexibility index (Phi) is 4.32. The molecule has 0 radical (unpaired) electrons. The van der Waals surface area contributed by atoms with Gasteiger partial charge < -0.3 is 4.48 Å². The molecule has 0 unspecified atom stereocenters. The number of carbonyl (C=O) groups is 1. The Bertz CT molecular complexity index is 869. The van der Waals surface area contributed by atoms with Crippen LogP contribution in [0.4, 0.5) is 0 Å². The molecule has 0 aliphatic carbocycles. The summed E-state index contributed by atoms with van der Waals surface area (Å²) >= 11 is 0. The van der Waals surface area contributed by atoms with Crippen LogP contribution in [0.2, 0.25) is 0 Å². The highest BCUT2D eigenvalue weighted by atomic mass is 16.2. The summed E-state index contributed by atoms with van der Waals surface area (Å²) in [5.41, 5.74) is 3.65. The summed E-state index contributed by atoms with van der Waals surface area (Å²) in [7, 11) is 5.92. The number of benzene rings is 3. The monoisotopic (exact) mass is 320 g/mol. The van der Waals surface area contributed by atoms with Crippen molar-refractivity contribution in [3.63, 3.8) is 0 Å². The zero-order chi connectivity index (χ0) is 17.2. The summed E-state index contributed by atoms with van der Waals surface area (Å²) in [6, 6.07) is 18.6. The first-order valence-corrected chi connectivity index (χ1v) is 7.97. The maximum Gasteiger partial charge on any atom is 0.295 e. The Morgan fingerprint density at radius 3 is 2.08 bits per heavy atom. The lowest BCUT2D eigenvalue weighted by molar-refractivity contribution is -0.862. The fraction of sp³-hybridized carbons (Fsp3) is 0.200. The zero-order valence-corrected chi connectivity index (χ0v) is 14.3. The van der Waals surface area contributed by atoms with Gasteiger partial charge in [0.2, 0.25) is 0 Å². The van der Waals surface area contributed by atoms with Gasteiger partial charge in [0.15, 0.2) is 6.54 Å². The summed E-state index contributed by atoms with van der Waals surface area (Å²) in [4.78, 5) is 11.9. The molecule has 1 N–H and O–H groups in total. The molecule has 1 amide bonds. The van der Waals surface area contributed by atoms with E-state index in [1.54, 1.807) is 6.21 Å². The topological polar surface area (TPSA) is 41.5 Å². The standard InChI is InChI=1S/C20H21N3O/c1-23(2,3)14-20(24)22-21-13-19-17-10-6-4-8-15(17)12-16-9-5-7-11-18(16)19/h4-13H,14H2,1-3H3/p+1/b21-13+. The molecule has 3 aromatic rings. The Morgan fingerprint density at radius 1 is 1.00 bits per heavy atom. The number of hydrazone groups is 1. The van der Waals surface area contributed by atoms with Crippen molar-refractivity contribution >= 4 is 33.7 Å². The highest BCUT2D eigenvalue weighted by Crippen LogP contribution is 2.27. The Morgan fingerprint density at radius 2 is 1.54 bits per heavy atom. The molecule has 4 nitrogen and oxygen atoms in total. The van der Waals surface area contributed by atoms with Gasteiger partial charge in [0.1, 0.15) is 0 Å². The van der Waals surface area contributed by atoms with Crippen molar-refractivity contribution < 1.29 is 9.28 Å². The molecule has 0 aliphatic heterocycles. The lowest BCUT2D eigenvalue weighted by Crippen LogP contribution is -2.43. The smallest absolute Gasteiger partial charge is 0.295 e. The van der Waals surface area contributed by atoms with Crippen LogP contribution in [-0.4, -0.2) is 44.3 Å². The molecule has 122 valence electrons. The normalized spacial score (nSPS) is 12.1. The number of quaternary nitrogens is 1. The van der Waals surface area contributed by atoms with Crippen LogP contribution in [0.3, 0.4) is 0 Å². The molecule has 3 rings (SSSR count). The first kappa shape index (κ1) is 16.1. The summed E-state index contributed by atoms with van der Waals surface area (Å²) < 4.78 is 0.568. The summed E-state index contributed by atoms with van der Waals surface area (Å²) in [5, 5.41) is 8.77. The van der Waals surface area contributed by atoms with E-state index < -0.39 is 0 Å². The van der Waals surface area contributed by atoms with E-state index in [1.807, 2.05) is 45.4 Å². The molecular weight excluding hydrogens is 298 g/mol. The molecular formula is C20H22N3O+. The van der Waals surface area contributed by atoms with E-state index in [0.717, 1.165) is 27.1 Å². The van der Waals surface area contributed by atoms with Crippen molar-refractivity contribution in [3.05, 3.63) is 60.2 Å². The molecule has 0 fully saturated rings. The minimum Gasteiger partial charge on any atom is -0.323 e. The first-order chi connectivity index (χ1) is 11.4. The van der Waals surface area contributed by atoms with Gasteiger partial charge in [-0.05, 0) is 27.6 Å². The molecule has 0 aliphatic rings. The highest BCUT2D eigenvalue weighted by Gasteiger charge is 2.13. The molecule has 0 spiro atoms. The lowest BCUT2D eigenvalue weighted by Gasteiger charge is -2.22. The third-order valence-corrected chi connectivity index (χ3v) is 3.81. The first-order valence-electron chi connectivity index (χ1n) is 7.97. The van der Waals surface area contributed by atoms with E-state index in [4.69, 9.17) is 0 Å². The third kappa shape index (κ3) is 3.60. The number of carbonyl (C=O) groups excluding carboxylic acids is 1. The maximum atomic E-state index is 11.9. The average molecular weight is 320 g/mol. The van der Waals surface area contributed by atoms with Crippen LogP contribution in [0.15, 0.2) is 59.7 Å². The highest BCUT2D eigenvalue weighted by molar-refractivity contribution is 6.13. The number of nitrogens with one attached hydrogen (secondary N) is 1. The van der Waals surface area contributed by atoms with Gasteiger partial charge in [-0.3, -0.25) is 4.79 Å².